The van der Waals surface area contributed by atoms with E-state index in [1.807, 2.05) is 0 Å². The standard InChI is InChI=1S/C21H27NO/c1-16(2)18-10-12-19(13-11-18)22-15-17-6-5-9-21(14-17)23-20-7-3-4-8-20/h5-6,9-14,16,20,22H,3-4,7-8,15H2,1-2H3. The minimum Gasteiger partial charge on any atom is -0.490 e. The lowest BCUT2D eigenvalue weighted by Crippen LogP contribution is -2.11. The topological polar surface area (TPSA) is 21.3 Å². The normalized spacial score (nSPS) is 15.1. The van der Waals surface area contributed by atoms with Gasteiger partial charge in [0.05, 0.1) is 6.10 Å². The molecule has 2 aromatic rings. The lowest BCUT2D eigenvalue weighted by atomic mass is 10.0. The number of ether oxygens (including phenoxy) is 1. The highest BCUT2D eigenvalue weighted by Gasteiger charge is 2.16. The van der Waals surface area contributed by atoms with Crippen LogP contribution in [0.15, 0.2) is 48.5 Å². The van der Waals surface area contributed by atoms with Crippen molar-refractivity contribution in [3.63, 3.8) is 0 Å². The van der Waals surface area contributed by atoms with E-state index >= 15 is 0 Å². The Morgan fingerprint density at radius 2 is 1.78 bits per heavy atom. The zero-order chi connectivity index (χ0) is 16.1. The van der Waals surface area contributed by atoms with E-state index in [2.05, 4.69) is 67.7 Å². The quantitative estimate of drug-likeness (QED) is 0.734. The molecule has 1 aliphatic rings. The predicted molar refractivity (Wildman–Crippen MR) is 97.2 cm³/mol. The van der Waals surface area contributed by atoms with Crippen LogP contribution in [0, 0.1) is 0 Å². The molecule has 0 atom stereocenters. The van der Waals surface area contributed by atoms with Crippen LogP contribution in [0.4, 0.5) is 5.69 Å². The molecule has 2 aromatic carbocycles. The molecule has 0 heterocycles. The smallest absolute Gasteiger partial charge is 0.120 e. The summed E-state index contributed by atoms with van der Waals surface area (Å²) in [5, 5.41) is 3.49. The fraction of sp³-hybridized carbons (Fsp3) is 0.429. The van der Waals surface area contributed by atoms with E-state index in [-0.39, 0.29) is 0 Å². The third-order valence-electron chi connectivity index (χ3n) is 4.58. The molecule has 0 aliphatic heterocycles. The molecular weight excluding hydrogens is 282 g/mol. The van der Waals surface area contributed by atoms with Crippen LogP contribution in [0.25, 0.3) is 0 Å². The van der Waals surface area contributed by atoms with Crippen molar-refractivity contribution in [1.29, 1.82) is 0 Å². The van der Waals surface area contributed by atoms with Crippen molar-refractivity contribution < 1.29 is 4.74 Å². The highest BCUT2D eigenvalue weighted by atomic mass is 16.5. The van der Waals surface area contributed by atoms with Crippen LogP contribution >= 0.6 is 0 Å². The van der Waals surface area contributed by atoms with E-state index in [1.165, 1.54) is 36.8 Å². The van der Waals surface area contributed by atoms with Crippen LogP contribution in [0.5, 0.6) is 5.75 Å². The molecule has 2 heteroatoms. The van der Waals surface area contributed by atoms with Gasteiger partial charge in [-0.1, -0.05) is 38.1 Å². The lowest BCUT2D eigenvalue weighted by molar-refractivity contribution is 0.210. The second kappa shape index (κ2) is 7.54. The van der Waals surface area contributed by atoms with Crippen molar-refractivity contribution in [3.8, 4) is 5.75 Å². The first-order valence-electron chi connectivity index (χ1n) is 8.80. The van der Waals surface area contributed by atoms with E-state index in [4.69, 9.17) is 4.74 Å². The minimum atomic E-state index is 0.418. The van der Waals surface area contributed by atoms with E-state index in [0.29, 0.717) is 12.0 Å². The molecule has 0 aromatic heterocycles. The first-order valence-corrected chi connectivity index (χ1v) is 8.80. The second-order valence-electron chi connectivity index (χ2n) is 6.80. The third-order valence-corrected chi connectivity index (χ3v) is 4.58. The molecule has 3 rings (SSSR count). The summed E-state index contributed by atoms with van der Waals surface area (Å²) in [5.74, 6) is 1.58. The Morgan fingerprint density at radius 1 is 1.04 bits per heavy atom. The van der Waals surface area contributed by atoms with Gasteiger partial charge in [0.15, 0.2) is 0 Å². The summed E-state index contributed by atoms with van der Waals surface area (Å²) in [6.45, 7) is 5.26. The zero-order valence-electron chi connectivity index (χ0n) is 14.2. The summed E-state index contributed by atoms with van der Waals surface area (Å²) < 4.78 is 6.08. The number of nitrogens with one attached hydrogen (secondary N) is 1. The van der Waals surface area contributed by atoms with Gasteiger partial charge in [-0.15, -0.1) is 0 Å². The molecule has 0 radical (unpaired) electrons. The summed E-state index contributed by atoms with van der Waals surface area (Å²) in [7, 11) is 0. The Bertz CT molecular complexity index is 612. The summed E-state index contributed by atoms with van der Waals surface area (Å²) in [6.07, 6.45) is 5.42. The van der Waals surface area contributed by atoms with Crippen molar-refractivity contribution in [2.75, 3.05) is 5.32 Å². The Morgan fingerprint density at radius 3 is 2.48 bits per heavy atom. The first-order chi connectivity index (χ1) is 11.2. The molecular formula is C21H27NO. The van der Waals surface area contributed by atoms with Gasteiger partial charge < -0.3 is 10.1 Å². The van der Waals surface area contributed by atoms with Gasteiger partial charge in [0.25, 0.3) is 0 Å². The molecule has 1 aliphatic carbocycles. The van der Waals surface area contributed by atoms with Gasteiger partial charge in [-0.2, -0.15) is 0 Å². The molecule has 0 amide bonds. The summed E-state index contributed by atoms with van der Waals surface area (Å²) in [6, 6.07) is 17.2. The number of hydrogen-bond donors (Lipinski definition) is 1. The van der Waals surface area contributed by atoms with Crippen molar-refractivity contribution >= 4 is 5.69 Å². The molecule has 1 N–H and O–H groups in total. The van der Waals surface area contributed by atoms with Crippen LogP contribution in [-0.4, -0.2) is 6.10 Å². The van der Waals surface area contributed by atoms with Crippen LogP contribution in [0.1, 0.15) is 56.6 Å². The number of benzene rings is 2. The van der Waals surface area contributed by atoms with E-state index in [1.54, 1.807) is 0 Å². The van der Waals surface area contributed by atoms with Gasteiger partial charge in [0.2, 0.25) is 0 Å². The molecule has 23 heavy (non-hydrogen) atoms. The summed E-state index contributed by atoms with van der Waals surface area (Å²) >= 11 is 0. The largest absolute Gasteiger partial charge is 0.490 e. The highest BCUT2D eigenvalue weighted by molar-refractivity contribution is 5.46. The maximum Gasteiger partial charge on any atom is 0.120 e. The van der Waals surface area contributed by atoms with Crippen LogP contribution < -0.4 is 10.1 Å². The lowest BCUT2D eigenvalue weighted by Gasteiger charge is -2.14. The van der Waals surface area contributed by atoms with E-state index < -0.39 is 0 Å². The molecule has 1 saturated carbocycles. The third kappa shape index (κ3) is 4.51. The monoisotopic (exact) mass is 309 g/mol. The fourth-order valence-corrected chi connectivity index (χ4v) is 3.12. The van der Waals surface area contributed by atoms with E-state index in [0.717, 1.165) is 18.0 Å². The van der Waals surface area contributed by atoms with Crippen molar-refractivity contribution in [1.82, 2.24) is 0 Å². The van der Waals surface area contributed by atoms with Gasteiger partial charge in [0.1, 0.15) is 5.75 Å². The maximum absolute atomic E-state index is 6.08. The van der Waals surface area contributed by atoms with Gasteiger partial charge in [-0.05, 0) is 67.0 Å². The summed E-state index contributed by atoms with van der Waals surface area (Å²) in [4.78, 5) is 0. The van der Waals surface area contributed by atoms with Gasteiger partial charge in [-0.25, -0.2) is 0 Å². The highest BCUT2D eigenvalue weighted by Crippen LogP contribution is 2.25. The van der Waals surface area contributed by atoms with Crippen molar-refractivity contribution in [2.24, 2.45) is 0 Å². The second-order valence-corrected chi connectivity index (χ2v) is 6.80. The molecule has 0 bridgehead atoms. The van der Waals surface area contributed by atoms with Gasteiger partial charge in [-0.3, -0.25) is 0 Å². The number of hydrogen-bond acceptors (Lipinski definition) is 2. The Kier molecular flexibility index (Phi) is 5.22. The molecule has 0 unspecified atom stereocenters. The van der Waals surface area contributed by atoms with Crippen LogP contribution in [0.3, 0.4) is 0 Å². The van der Waals surface area contributed by atoms with Crippen LogP contribution in [-0.2, 0) is 6.54 Å². The molecule has 0 spiro atoms. The van der Waals surface area contributed by atoms with Gasteiger partial charge in [0, 0.05) is 12.2 Å². The number of rotatable bonds is 6. The van der Waals surface area contributed by atoms with Gasteiger partial charge >= 0.3 is 0 Å². The SMILES string of the molecule is CC(C)c1ccc(NCc2cccc(OC3CCCC3)c2)cc1. The fourth-order valence-electron chi connectivity index (χ4n) is 3.12. The van der Waals surface area contributed by atoms with Crippen molar-refractivity contribution in [2.45, 2.75) is 58.1 Å². The molecule has 122 valence electrons. The average Bonchev–Trinajstić information content (AvgIpc) is 3.07. The Labute approximate surface area is 139 Å². The Balaban J connectivity index is 1.57. The molecule has 2 nitrogen and oxygen atoms in total. The minimum absolute atomic E-state index is 0.418. The number of anilines is 1. The average molecular weight is 309 g/mol. The van der Waals surface area contributed by atoms with E-state index in [9.17, 15) is 0 Å². The molecule has 0 saturated heterocycles. The van der Waals surface area contributed by atoms with Crippen LogP contribution in [0.2, 0.25) is 0 Å². The Hall–Kier alpha value is -1.96. The maximum atomic E-state index is 6.08. The van der Waals surface area contributed by atoms with Crippen molar-refractivity contribution in [3.05, 3.63) is 59.7 Å². The first kappa shape index (κ1) is 15.9. The zero-order valence-corrected chi connectivity index (χ0v) is 14.2. The molecule has 1 fully saturated rings. The predicted octanol–water partition coefficient (Wildman–Crippen LogP) is 5.74. The summed E-state index contributed by atoms with van der Waals surface area (Å²) in [5.41, 5.74) is 3.80.